The van der Waals surface area contributed by atoms with E-state index < -0.39 is 0 Å². The van der Waals surface area contributed by atoms with E-state index in [4.69, 9.17) is 5.11 Å². The van der Waals surface area contributed by atoms with Crippen LogP contribution in [0.5, 0.6) is 0 Å². The van der Waals surface area contributed by atoms with E-state index in [-0.39, 0.29) is 6.10 Å². The molecule has 0 aliphatic heterocycles. The second kappa shape index (κ2) is 2.14. The number of rotatable bonds is 1. The Morgan fingerprint density at radius 2 is 2.38 bits per heavy atom. The van der Waals surface area contributed by atoms with Crippen LogP contribution in [0, 0.1) is 5.92 Å². The summed E-state index contributed by atoms with van der Waals surface area (Å²) < 4.78 is 0. The molecule has 0 bridgehead atoms. The third-order valence-corrected chi connectivity index (χ3v) is 1.40. The Balaban J connectivity index is 2.45. The van der Waals surface area contributed by atoms with Gasteiger partial charge in [-0.05, 0) is 12.3 Å². The summed E-state index contributed by atoms with van der Waals surface area (Å²) in [5.41, 5.74) is 0. The Hall–Kier alpha value is -0.560. The van der Waals surface area contributed by atoms with Gasteiger partial charge in [-0.2, -0.15) is 0 Å². The van der Waals surface area contributed by atoms with Crippen LogP contribution in [0.4, 0.5) is 0 Å². The zero-order valence-electron chi connectivity index (χ0n) is 4.75. The van der Waals surface area contributed by atoms with Crippen molar-refractivity contribution in [1.82, 2.24) is 0 Å². The summed E-state index contributed by atoms with van der Waals surface area (Å²) in [6.45, 7) is 3.61. The highest BCUT2D eigenvalue weighted by atomic mass is 16.3. The van der Waals surface area contributed by atoms with E-state index in [9.17, 15) is 0 Å². The van der Waals surface area contributed by atoms with Crippen molar-refractivity contribution >= 4 is 0 Å². The maximum Gasteiger partial charge on any atom is 0.0729 e. The molecule has 0 spiro atoms. The maximum atomic E-state index is 8.90. The SMILES string of the molecule is C=C[C@@H]1C=C[C@@H](O)C1. The highest BCUT2D eigenvalue weighted by molar-refractivity contribution is 5.07. The number of hydrogen-bond acceptors (Lipinski definition) is 1. The largest absolute Gasteiger partial charge is 0.389 e. The van der Waals surface area contributed by atoms with E-state index in [0.717, 1.165) is 6.42 Å². The fraction of sp³-hybridized carbons (Fsp3) is 0.429. The monoisotopic (exact) mass is 110 g/mol. The molecule has 1 nitrogen and oxygen atoms in total. The number of aliphatic hydroxyl groups is 1. The van der Waals surface area contributed by atoms with Gasteiger partial charge in [-0.15, -0.1) is 6.58 Å². The topological polar surface area (TPSA) is 20.2 Å². The fourth-order valence-corrected chi connectivity index (χ4v) is 0.882. The molecule has 44 valence electrons. The van der Waals surface area contributed by atoms with E-state index >= 15 is 0 Å². The molecule has 8 heavy (non-hydrogen) atoms. The minimum Gasteiger partial charge on any atom is -0.389 e. The molecule has 0 unspecified atom stereocenters. The van der Waals surface area contributed by atoms with Gasteiger partial charge in [-0.25, -0.2) is 0 Å². The van der Waals surface area contributed by atoms with Gasteiger partial charge >= 0.3 is 0 Å². The standard InChI is InChI=1S/C7H10O/c1-2-6-3-4-7(8)5-6/h2-4,6-8H,1,5H2/t6-,7-/m1/s1. The van der Waals surface area contributed by atoms with Crippen LogP contribution in [0.1, 0.15) is 6.42 Å². The zero-order chi connectivity index (χ0) is 5.98. The Morgan fingerprint density at radius 3 is 2.62 bits per heavy atom. The fourth-order valence-electron chi connectivity index (χ4n) is 0.882. The van der Waals surface area contributed by atoms with Gasteiger partial charge in [0.05, 0.1) is 6.10 Å². The Kier molecular flexibility index (Phi) is 1.49. The highest BCUT2D eigenvalue weighted by Crippen LogP contribution is 2.17. The molecule has 0 aromatic carbocycles. The van der Waals surface area contributed by atoms with Crippen LogP contribution in [0.25, 0.3) is 0 Å². The Bertz CT molecular complexity index is 116. The molecule has 1 aliphatic rings. The molecule has 1 aliphatic carbocycles. The summed E-state index contributed by atoms with van der Waals surface area (Å²) in [7, 11) is 0. The summed E-state index contributed by atoms with van der Waals surface area (Å²) in [4.78, 5) is 0. The zero-order valence-corrected chi connectivity index (χ0v) is 4.75. The summed E-state index contributed by atoms with van der Waals surface area (Å²) in [6, 6.07) is 0. The van der Waals surface area contributed by atoms with Crippen LogP contribution in [0.3, 0.4) is 0 Å². The minimum atomic E-state index is -0.224. The van der Waals surface area contributed by atoms with E-state index in [0.29, 0.717) is 5.92 Å². The van der Waals surface area contributed by atoms with Gasteiger partial charge in [0.2, 0.25) is 0 Å². The normalized spacial score (nSPS) is 35.6. The van der Waals surface area contributed by atoms with Gasteiger partial charge in [0.1, 0.15) is 0 Å². The molecule has 0 amide bonds. The Morgan fingerprint density at radius 1 is 1.62 bits per heavy atom. The molecule has 0 fully saturated rings. The van der Waals surface area contributed by atoms with Crippen molar-refractivity contribution in [2.75, 3.05) is 0 Å². The first kappa shape index (κ1) is 5.57. The van der Waals surface area contributed by atoms with Crippen LogP contribution in [0.15, 0.2) is 24.8 Å². The molecule has 0 aromatic heterocycles. The lowest BCUT2D eigenvalue weighted by Gasteiger charge is -1.98. The van der Waals surface area contributed by atoms with Gasteiger partial charge in [0.25, 0.3) is 0 Å². The third-order valence-electron chi connectivity index (χ3n) is 1.40. The molecule has 0 saturated heterocycles. The molecule has 1 N–H and O–H groups in total. The van der Waals surface area contributed by atoms with Gasteiger partial charge < -0.3 is 5.11 Å². The van der Waals surface area contributed by atoms with Crippen LogP contribution >= 0.6 is 0 Å². The van der Waals surface area contributed by atoms with Crippen molar-refractivity contribution < 1.29 is 5.11 Å². The molecule has 0 aromatic rings. The van der Waals surface area contributed by atoms with E-state index in [1.54, 1.807) is 0 Å². The minimum absolute atomic E-state index is 0.224. The van der Waals surface area contributed by atoms with E-state index in [1.807, 2.05) is 18.2 Å². The van der Waals surface area contributed by atoms with Gasteiger partial charge in [-0.1, -0.05) is 18.2 Å². The second-order valence-corrected chi connectivity index (χ2v) is 2.09. The number of aliphatic hydroxyl groups excluding tert-OH is 1. The molecule has 1 rings (SSSR count). The van der Waals surface area contributed by atoms with Crippen LogP contribution in [-0.2, 0) is 0 Å². The predicted molar refractivity (Wildman–Crippen MR) is 33.5 cm³/mol. The van der Waals surface area contributed by atoms with Crippen molar-refractivity contribution in [3.05, 3.63) is 24.8 Å². The first-order chi connectivity index (χ1) is 3.83. The molecular weight excluding hydrogens is 100 g/mol. The van der Waals surface area contributed by atoms with Crippen LogP contribution in [0.2, 0.25) is 0 Å². The maximum absolute atomic E-state index is 8.90. The summed E-state index contributed by atoms with van der Waals surface area (Å²) in [5, 5.41) is 8.90. The smallest absolute Gasteiger partial charge is 0.0729 e. The second-order valence-electron chi connectivity index (χ2n) is 2.09. The van der Waals surface area contributed by atoms with Gasteiger partial charge in [-0.3, -0.25) is 0 Å². The van der Waals surface area contributed by atoms with Crippen LogP contribution < -0.4 is 0 Å². The first-order valence-electron chi connectivity index (χ1n) is 2.82. The highest BCUT2D eigenvalue weighted by Gasteiger charge is 2.11. The van der Waals surface area contributed by atoms with Gasteiger partial charge in [0.15, 0.2) is 0 Å². The molecule has 0 saturated carbocycles. The van der Waals surface area contributed by atoms with E-state index in [1.165, 1.54) is 0 Å². The first-order valence-corrected chi connectivity index (χ1v) is 2.82. The summed E-state index contributed by atoms with van der Waals surface area (Å²) in [6.07, 6.45) is 6.25. The Labute approximate surface area is 49.3 Å². The van der Waals surface area contributed by atoms with Crippen molar-refractivity contribution in [1.29, 1.82) is 0 Å². The summed E-state index contributed by atoms with van der Waals surface area (Å²) >= 11 is 0. The van der Waals surface area contributed by atoms with E-state index in [2.05, 4.69) is 6.58 Å². The lowest BCUT2D eigenvalue weighted by Crippen LogP contribution is -1.98. The predicted octanol–water partition coefficient (Wildman–Crippen LogP) is 1.11. The molecular formula is C7H10O. The van der Waals surface area contributed by atoms with Crippen molar-refractivity contribution in [3.8, 4) is 0 Å². The molecule has 2 atom stereocenters. The lowest BCUT2D eigenvalue weighted by atomic mass is 10.1. The average molecular weight is 110 g/mol. The third kappa shape index (κ3) is 0.984. The van der Waals surface area contributed by atoms with Crippen molar-refractivity contribution in [2.45, 2.75) is 12.5 Å². The average Bonchev–Trinajstić information content (AvgIpc) is 2.14. The molecule has 0 heterocycles. The van der Waals surface area contributed by atoms with Crippen molar-refractivity contribution in [2.24, 2.45) is 5.92 Å². The van der Waals surface area contributed by atoms with Crippen LogP contribution in [-0.4, -0.2) is 11.2 Å². The lowest BCUT2D eigenvalue weighted by molar-refractivity contribution is 0.216. The number of hydrogen-bond donors (Lipinski definition) is 1. The molecule has 1 heteroatoms. The quantitative estimate of drug-likeness (QED) is 0.501. The number of allylic oxidation sites excluding steroid dienone is 2. The summed E-state index contributed by atoms with van der Waals surface area (Å²) in [5.74, 6) is 0.407. The van der Waals surface area contributed by atoms with Crippen molar-refractivity contribution in [3.63, 3.8) is 0 Å². The van der Waals surface area contributed by atoms with Gasteiger partial charge in [0, 0.05) is 0 Å². The molecule has 0 radical (unpaired) electrons.